The summed E-state index contributed by atoms with van der Waals surface area (Å²) in [6.07, 6.45) is 0.117. The van der Waals surface area contributed by atoms with Gasteiger partial charge in [0.25, 0.3) is 10.0 Å². The van der Waals surface area contributed by atoms with E-state index in [9.17, 15) is 23.4 Å². The van der Waals surface area contributed by atoms with Gasteiger partial charge < -0.3 is 14.9 Å². The molecule has 0 amide bonds. The van der Waals surface area contributed by atoms with Crippen molar-refractivity contribution < 1.29 is 28.2 Å². The quantitative estimate of drug-likeness (QED) is 0.382. The zero-order valence-corrected chi connectivity index (χ0v) is 20.9. The molecule has 2 aromatic carbocycles. The molecule has 1 saturated carbocycles. The number of halogens is 1. The van der Waals surface area contributed by atoms with E-state index in [4.69, 9.17) is 16.3 Å². The molecule has 0 saturated heterocycles. The van der Waals surface area contributed by atoms with E-state index in [-0.39, 0.29) is 17.2 Å². The van der Waals surface area contributed by atoms with E-state index in [1.165, 1.54) is 6.07 Å². The number of nitrogens with one attached hydrogen (secondary N) is 1. The molecule has 0 spiro atoms. The third-order valence-electron chi connectivity index (χ3n) is 5.49. The van der Waals surface area contributed by atoms with Crippen LogP contribution in [0.5, 0.6) is 5.75 Å². The number of hydrogen-bond donors (Lipinski definition) is 3. The van der Waals surface area contributed by atoms with E-state index in [1.54, 1.807) is 68.4 Å². The van der Waals surface area contributed by atoms with Crippen molar-refractivity contribution in [2.75, 3.05) is 6.61 Å². The minimum atomic E-state index is -4.08. The van der Waals surface area contributed by atoms with Crippen LogP contribution in [0.1, 0.15) is 31.7 Å². The molecule has 1 aliphatic rings. The van der Waals surface area contributed by atoms with Crippen molar-refractivity contribution in [1.29, 1.82) is 0 Å². The second kappa shape index (κ2) is 8.98. The number of carboxylic acid groups (broad SMARTS) is 1. The number of benzene rings is 2. The van der Waals surface area contributed by atoms with Crippen LogP contribution in [-0.4, -0.2) is 42.3 Å². The molecule has 180 valence electrons. The van der Waals surface area contributed by atoms with Gasteiger partial charge in [-0.1, -0.05) is 35.9 Å². The van der Waals surface area contributed by atoms with Crippen LogP contribution in [0.25, 0.3) is 10.4 Å². The fraction of sp³-hybridized carbons (Fsp3) is 0.292. The Morgan fingerprint density at radius 3 is 2.56 bits per heavy atom. The van der Waals surface area contributed by atoms with Gasteiger partial charge in [0, 0.05) is 15.8 Å². The Hall–Kier alpha value is -2.43. The first-order valence-corrected chi connectivity index (χ1v) is 13.2. The molecule has 7 nitrogen and oxygen atoms in total. The van der Waals surface area contributed by atoms with E-state index < -0.39 is 33.1 Å². The summed E-state index contributed by atoms with van der Waals surface area (Å²) < 4.78 is 34.3. The Balaban J connectivity index is 1.54. The van der Waals surface area contributed by atoms with E-state index >= 15 is 0 Å². The molecule has 0 radical (unpaired) electrons. The number of ether oxygens (including phenoxy) is 1. The zero-order valence-electron chi connectivity index (χ0n) is 18.5. The number of hydrogen-bond acceptors (Lipinski definition) is 6. The molecule has 1 aromatic heterocycles. The first-order valence-electron chi connectivity index (χ1n) is 10.5. The lowest BCUT2D eigenvalue weighted by Crippen LogP contribution is -2.44. The molecule has 2 atom stereocenters. The summed E-state index contributed by atoms with van der Waals surface area (Å²) in [6.45, 7) is 3.29. The van der Waals surface area contributed by atoms with Gasteiger partial charge in [-0.3, -0.25) is 4.79 Å². The summed E-state index contributed by atoms with van der Waals surface area (Å²) in [6, 6.07) is 17.0. The van der Waals surface area contributed by atoms with Crippen molar-refractivity contribution in [3.63, 3.8) is 0 Å². The minimum Gasteiger partial charge on any atom is -0.491 e. The first kappa shape index (κ1) is 24.7. The Labute approximate surface area is 207 Å². The van der Waals surface area contributed by atoms with Crippen molar-refractivity contribution in [3.8, 4) is 16.2 Å². The third kappa shape index (κ3) is 5.29. The molecule has 0 unspecified atom stereocenters. The van der Waals surface area contributed by atoms with Crippen LogP contribution in [-0.2, 0) is 14.8 Å². The molecular formula is C24H24ClNO6S2. The number of aliphatic carboxylic acids is 1. The van der Waals surface area contributed by atoms with Crippen molar-refractivity contribution in [1.82, 2.24) is 4.72 Å². The maximum absolute atomic E-state index is 13.1. The predicted molar refractivity (Wildman–Crippen MR) is 131 cm³/mol. The summed E-state index contributed by atoms with van der Waals surface area (Å²) in [4.78, 5) is 12.9. The molecule has 3 N–H and O–H groups in total. The average Bonchev–Trinajstić information content (AvgIpc) is 3.25. The lowest BCUT2D eigenvalue weighted by molar-refractivity contribution is -0.140. The van der Waals surface area contributed by atoms with Crippen LogP contribution in [0.4, 0.5) is 0 Å². The largest absolute Gasteiger partial charge is 0.491 e. The summed E-state index contributed by atoms with van der Waals surface area (Å²) in [5, 5.41) is 20.4. The maximum atomic E-state index is 13.1. The van der Waals surface area contributed by atoms with E-state index in [0.29, 0.717) is 16.3 Å². The highest BCUT2D eigenvalue weighted by Gasteiger charge is 2.63. The van der Waals surface area contributed by atoms with Crippen molar-refractivity contribution >= 4 is 38.9 Å². The van der Waals surface area contributed by atoms with Crippen LogP contribution in [0.15, 0.2) is 64.9 Å². The van der Waals surface area contributed by atoms with E-state index in [1.807, 2.05) is 0 Å². The number of rotatable bonds is 9. The molecular weight excluding hydrogens is 498 g/mol. The van der Waals surface area contributed by atoms with Crippen molar-refractivity contribution in [2.45, 2.75) is 41.5 Å². The van der Waals surface area contributed by atoms with Gasteiger partial charge in [-0.15, -0.1) is 11.3 Å². The minimum absolute atomic E-state index is 0.0333. The fourth-order valence-corrected chi connectivity index (χ4v) is 6.51. The number of sulfonamides is 1. The fourth-order valence-electron chi connectivity index (χ4n) is 3.66. The molecule has 10 heteroatoms. The van der Waals surface area contributed by atoms with E-state index in [0.717, 1.165) is 21.8 Å². The topological polar surface area (TPSA) is 113 Å². The second-order valence-electron chi connectivity index (χ2n) is 8.94. The SMILES string of the molecule is CC(C)(O)COc1cccc([C@@H]2C[C@]2(NS(=O)(=O)c2ccc(-c3ccc(Cl)cc3)s2)C(=O)O)c1. The lowest BCUT2D eigenvalue weighted by atomic mass is 10.1. The Kier molecular flexibility index (Phi) is 6.52. The summed E-state index contributed by atoms with van der Waals surface area (Å²) >= 11 is 6.98. The van der Waals surface area contributed by atoms with Gasteiger partial charge in [-0.25, -0.2) is 8.42 Å². The van der Waals surface area contributed by atoms with Gasteiger partial charge in [0.2, 0.25) is 0 Å². The zero-order chi connectivity index (χ0) is 24.7. The van der Waals surface area contributed by atoms with Gasteiger partial charge in [0.15, 0.2) is 0 Å². The monoisotopic (exact) mass is 521 g/mol. The van der Waals surface area contributed by atoms with Gasteiger partial charge in [0.1, 0.15) is 22.1 Å². The molecule has 1 fully saturated rings. The summed E-state index contributed by atoms with van der Waals surface area (Å²) in [5.74, 6) is -1.32. The number of carboxylic acids is 1. The summed E-state index contributed by atoms with van der Waals surface area (Å²) in [5.41, 5.74) is -1.21. The Morgan fingerprint density at radius 2 is 1.91 bits per heavy atom. The molecule has 0 bridgehead atoms. The highest BCUT2D eigenvalue weighted by atomic mass is 35.5. The van der Waals surface area contributed by atoms with Crippen LogP contribution in [0, 0.1) is 0 Å². The third-order valence-corrected chi connectivity index (χ3v) is 8.87. The lowest BCUT2D eigenvalue weighted by Gasteiger charge is -2.18. The number of carbonyl (C=O) groups is 1. The summed E-state index contributed by atoms with van der Waals surface area (Å²) in [7, 11) is -4.08. The molecule has 34 heavy (non-hydrogen) atoms. The second-order valence-corrected chi connectivity index (χ2v) is 12.4. The van der Waals surface area contributed by atoms with Gasteiger partial charge in [-0.05, 0) is 67.8 Å². The molecule has 4 rings (SSSR count). The highest BCUT2D eigenvalue weighted by molar-refractivity contribution is 7.91. The van der Waals surface area contributed by atoms with Gasteiger partial charge in [-0.2, -0.15) is 4.72 Å². The van der Waals surface area contributed by atoms with Gasteiger partial charge in [0.05, 0.1) is 5.60 Å². The predicted octanol–water partition coefficient (Wildman–Crippen LogP) is 4.51. The molecule has 0 aliphatic heterocycles. The van der Waals surface area contributed by atoms with Crippen LogP contribution < -0.4 is 9.46 Å². The maximum Gasteiger partial charge on any atom is 0.325 e. The smallest absolute Gasteiger partial charge is 0.325 e. The van der Waals surface area contributed by atoms with Crippen LogP contribution >= 0.6 is 22.9 Å². The van der Waals surface area contributed by atoms with Crippen LogP contribution in [0.2, 0.25) is 5.02 Å². The van der Waals surface area contributed by atoms with Crippen molar-refractivity contribution in [2.24, 2.45) is 0 Å². The normalized spacial score (nSPS) is 20.2. The average molecular weight is 522 g/mol. The van der Waals surface area contributed by atoms with E-state index in [2.05, 4.69) is 4.72 Å². The molecule has 1 heterocycles. The Morgan fingerprint density at radius 1 is 1.21 bits per heavy atom. The van der Waals surface area contributed by atoms with Crippen LogP contribution in [0.3, 0.4) is 0 Å². The standard InChI is InChI=1S/C24H24ClNO6S2/c1-23(2,29)14-32-18-5-3-4-16(12-18)19-13-24(19,22(27)28)26-34(30,31)21-11-10-20(33-21)15-6-8-17(25)9-7-15/h3-12,19,26,29H,13-14H2,1-2H3,(H,27,28)/t19-,24+/m0/s1. The Bertz CT molecular complexity index is 1310. The molecule has 1 aliphatic carbocycles. The highest BCUT2D eigenvalue weighted by Crippen LogP contribution is 2.53. The van der Waals surface area contributed by atoms with Gasteiger partial charge >= 0.3 is 5.97 Å². The van der Waals surface area contributed by atoms with Crippen molar-refractivity contribution in [3.05, 3.63) is 71.2 Å². The molecule has 3 aromatic rings. The number of aliphatic hydroxyl groups is 1. The first-order chi connectivity index (χ1) is 15.9. The number of thiophene rings is 1.